The number of hydrogen-bond acceptors (Lipinski definition) is 7. The van der Waals surface area contributed by atoms with Gasteiger partial charge in [0, 0.05) is 35.6 Å². The number of nitrogens with zero attached hydrogens (tertiary/aromatic N) is 3. The SMILES string of the molecule is Cc1ccc(-c2noc(-c3ccc(OCC(=O)Nc4ccc(N5CCOCC5)cc4)cc3)n2)cc1. The molecular weight excluding hydrogens is 444 g/mol. The van der Waals surface area contributed by atoms with Crippen LogP contribution in [0.3, 0.4) is 0 Å². The number of carbonyl (C=O) groups excluding carboxylic acids is 1. The highest BCUT2D eigenvalue weighted by molar-refractivity contribution is 5.92. The highest BCUT2D eigenvalue weighted by atomic mass is 16.5. The molecule has 1 aromatic heterocycles. The van der Waals surface area contributed by atoms with E-state index in [0.717, 1.165) is 48.8 Å². The van der Waals surface area contributed by atoms with Crippen molar-refractivity contribution in [2.45, 2.75) is 6.92 Å². The van der Waals surface area contributed by atoms with Crippen LogP contribution >= 0.6 is 0 Å². The topological polar surface area (TPSA) is 89.7 Å². The van der Waals surface area contributed by atoms with Gasteiger partial charge in [-0.25, -0.2) is 0 Å². The largest absolute Gasteiger partial charge is 0.484 e. The lowest BCUT2D eigenvalue weighted by atomic mass is 10.1. The van der Waals surface area contributed by atoms with Crippen molar-refractivity contribution in [1.82, 2.24) is 10.1 Å². The van der Waals surface area contributed by atoms with Gasteiger partial charge in [-0.2, -0.15) is 4.98 Å². The van der Waals surface area contributed by atoms with Gasteiger partial charge in [0.1, 0.15) is 5.75 Å². The van der Waals surface area contributed by atoms with Gasteiger partial charge in [0.2, 0.25) is 5.82 Å². The first-order valence-corrected chi connectivity index (χ1v) is 11.5. The summed E-state index contributed by atoms with van der Waals surface area (Å²) < 4.78 is 16.4. The van der Waals surface area contributed by atoms with E-state index in [1.165, 1.54) is 5.56 Å². The summed E-state index contributed by atoms with van der Waals surface area (Å²) in [6.07, 6.45) is 0. The first kappa shape index (κ1) is 22.6. The molecule has 0 saturated carbocycles. The summed E-state index contributed by atoms with van der Waals surface area (Å²) in [4.78, 5) is 19.1. The van der Waals surface area contributed by atoms with Gasteiger partial charge in [0.05, 0.1) is 13.2 Å². The molecule has 0 radical (unpaired) electrons. The molecule has 0 unspecified atom stereocenters. The molecule has 1 aliphatic rings. The van der Waals surface area contributed by atoms with Crippen LogP contribution in [0.1, 0.15) is 5.56 Å². The molecule has 0 atom stereocenters. The molecule has 178 valence electrons. The lowest BCUT2D eigenvalue weighted by Crippen LogP contribution is -2.36. The van der Waals surface area contributed by atoms with Gasteiger partial charge in [-0.15, -0.1) is 0 Å². The van der Waals surface area contributed by atoms with Crippen LogP contribution in [0.25, 0.3) is 22.8 Å². The van der Waals surface area contributed by atoms with Crippen molar-refractivity contribution >= 4 is 17.3 Å². The molecule has 1 fully saturated rings. The van der Waals surface area contributed by atoms with Crippen LogP contribution in [0.5, 0.6) is 5.75 Å². The highest BCUT2D eigenvalue weighted by Gasteiger charge is 2.13. The molecular formula is C27H26N4O4. The molecule has 1 saturated heterocycles. The van der Waals surface area contributed by atoms with Crippen molar-refractivity contribution < 1.29 is 18.8 Å². The maximum atomic E-state index is 12.3. The maximum Gasteiger partial charge on any atom is 0.262 e. The molecule has 4 aromatic rings. The predicted octanol–water partition coefficient (Wildman–Crippen LogP) is 4.57. The Morgan fingerprint density at radius 3 is 2.34 bits per heavy atom. The lowest BCUT2D eigenvalue weighted by molar-refractivity contribution is -0.118. The van der Waals surface area contributed by atoms with Gasteiger partial charge in [-0.3, -0.25) is 4.79 Å². The Bertz CT molecular complexity index is 1260. The molecule has 1 amide bonds. The summed E-state index contributed by atoms with van der Waals surface area (Å²) in [5.74, 6) is 1.30. The van der Waals surface area contributed by atoms with Gasteiger partial charge in [-0.1, -0.05) is 35.0 Å². The third kappa shape index (κ3) is 5.67. The van der Waals surface area contributed by atoms with E-state index in [1.807, 2.05) is 67.6 Å². The van der Waals surface area contributed by atoms with E-state index < -0.39 is 0 Å². The molecule has 8 heteroatoms. The van der Waals surface area contributed by atoms with Crippen molar-refractivity contribution in [2.24, 2.45) is 0 Å². The summed E-state index contributed by atoms with van der Waals surface area (Å²) >= 11 is 0. The Morgan fingerprint density at radius 2 is 1.63 bits per heavy atom. The first-order chi connectivity index (χ1) is 17.1. The minimum atomic E-state index is -0.229. The summed E-state index contributed by atoms with van der Waals surface area (Å²) in [5.41, 5.74) is 4.69. The maximum absolute atomic E-state index is 12.3. The van der Waals surface area contributed by atoms with E-state index in [2.05, 4.69) is 20.4 Å². The smallest absolute Gasteiger partial charge is 0.262 e. The molecule has 0 bridgehead atoms. The number of ether oxygens (including phenoxy) is 2. The van der Waals surface area contributed by atoms with Gasteiger partial charge >= 0.3 is 0 Å². The minimum absolute atomic E-state index is 0.0946. The van der Waals surface area contributed by atoms with Crippen molar-refractivity contribution in [1.29, 1.82) is 0 Å². The van der Waals surface area contributed by atoms with Crippen molar-refractivity contribution in [3.8, 4) is 28.6 Å². The molecule has 3 aromatic carbocycles. The van der Waals surface area contributed by atoms with E-state index in [0.29, 0.717) is 17.5 Å². The second-order valence-corrected chi connectivity index (χ2v) is 8.30. The molecule has 8 nitrogen and oxygen atoms in total. The number of morpholine rings is 1. The fourth-order valence-corrected chi connectivity index (χ4v) is 3.78. The highest BCUT2D eigenvalue weighted by Crippen LogP contribution is 2.24. The normalized spacial score (nSPS) is 13.5. The molecule has 0 spiro atoms. The Morgan fingerprint density at radius 1 is 0.943 bits per heavy atom. The number of anilines is 2. The molecule has 2 heterocycles. The standard InChI is InChI=1S/C27H26N4O4/c1-19-2-4-20(5-3-19)26-29-27(35-30-26)21-6-12-24(13-7-21)34-18-25(32)28-22-8-10-23(11-9-22)31-14-16-33-17-15-31/h2-13H,14-18H2,1H3,(H,28,32). The fourth-order valence-electron chi connectivity index (χ4n) is 3.78. The molecule has 1 N–H and O–H groups in total. The third-order valence-electron chi connectivity index (χ3n) is 5.73. The Kier molecular flexibility index (Phi) is 6.72. The van der Waals surface area contributed by atoms with Gasteiger partial charge in [0.25, 0.3) is 11.8 Å². The Hall–Kier alpha value is -4.17. The molecule has 35 heavy (non-hydrogen) atoms. The van der Waals surface area contributed by atoms with Gasteiger partial charge in [-0.05, 0) is 55.5 Å². The average molecular weight is 471 g/mol. The van der Waals surface area contributed by atoms with Crippen LogP contribution in [0, 0.1) is 6.92 Å². The van der Waals surface area contributed by atoms with Gasteiger partial charge in [0.15, 0.2) is 6.61 Å². The van der Waals surface area contributed by atoms with Crippen molar-refractivity contribution in [3.63, 3.8) is 0 Å². The minimum Gasteiger partial charge on any atom is -0.484 e. The number of aromatic nitrogens is 2. The zero-order valence-electron chi connectivity index (χ0n) is 19.4. The van der Waals surface area contributed by atoms with Gasteiger partial charge < -0.3 is 24.2 Å². The Labute approximate surface area is 203 Å². The number of nitrogens with one attached hydrogen (secondary N) is 1. The molecule has 0 aliphatic carbocycles. The lowest BCUT2D eigenvalue weighted by Gasteiger charge is -2.28. The van der Waals surface area contributed by atoms with Crippen LogP contribution in [0.2, 0.25) is 0 Å². The Balaban J connectivity index is 1.13. The number of hydrogen-bond donors (Lipinski definition) is 1. The van der Waals surface area contributed by atoms with E-state index in [9.17, 15) is 4.79 Å². The van der Waals surface area contributed by atoms with E-state index in [4.69, 9.17) is 14.0 Å². The van der Waals surface area contributed by atoms with Crippen molar-refractivity contribution in [2.75, 3.05) is 43.1 Å². The van der Waals surface area contributed by atoms with E-state index >= 15 is 0 Å². The van der Waals surface area contributed by atoms with Crippen LogP contribution in [-0.4, -0.2) is 49.0 Å². The summed E-state index contributed by atoms with van der Waals surface area (Å²) in [5, 5.41) is 6.93. The zero-order valence-corrected chi connectivity index (χ0v) is 19.4. The first-order valence-electron chi connectivity index (χ1n) is 11.5. The van der Waals surface area contributed by atoms with Crippen LogP contribution in [0.15, 0.2) is 77.3 Å². The van der Waals surface area contributed by atoms with Crippen LogP contribution in [-0.2, 0) is 9.53 Å². The number of rotatable bonds is 7. The molecule has 1 aliphatic heterocycles. The number of amides is 1. The quantitative estimate of drug-likeness (QED) is 0.423. The van der Waals surface area contributed by atoms with Crippen LogP contribution in [0.4, 0.5) is 11.4 Å². The average Bonchev–Trinajstić information content (AvgIpc) is 3.40. The fraction of sp³-hybridized carbons (Fsp3) is 0.222. The second-order valence-electron chi connectivity index (χ2n) is 8.30. The number of aryl methyl sites for hydroxylation is 1. The van der Waals surface area contributed by atoms with E-state index in [1.54, 1.807) is 12.1 Å². The van der Waals surface area contributed by atoms with E-state index in [-0.39, 0.29) is 12.5 Å². The zero-order chi connectivity index (χ0) is 24.0. The summed E-state index contributed by atoms with van der Waals surface area (Å²) in [7, 11) is 0. The summed E-state index contributed by atoms with van der Waals surface area (Å²) in [6, 6.07) is 22.9. The number of carbonyl (C=O) groups is 1. The summed E-state index contributed by atoms with van der Waals surface area (Å²) in [6.45, 7) is 5.16. The third-order valence-corrected chi connectivity index (χ3v) is 5.73. The molecule has 5 rings (SSSR count). The van der Waals surface area contributed by atoms with Crippen molar-refractivity contribution in [3.05, 3.63) is 78.4 Å². The monoisotopic (exact) mass is 470 g/mol. The number of benzene rings is 3. The second kappa shape index (κ2) is 10.4. The van der Waals surface area contributed by atoms with Crippen LogP contribution < -0.4 is 15.0 Å². The predicted molar refractivity (Wildman–Crippen MR) is 134 cm³/mol.